The number of carboxylic acids is 1. The molecule has 0 bridgehead atoms. The number of carboxylic acid groups (broad SMARTS) is 1. The number of aromatic carboxylic acids is 1. The lowest BCUT2D eigenvalue weighted by atomic mass is 10.1. The molecule has 0 aliphatic carbocycles. The van der Waals surface area contributed by atoms with E-state index in [4.69, 9.17) is 5.11 Å². The molecule has 0 aromatic heterocycles. The van der Waals surface area contributed by atoms with Crippen LogP contribution in [0.3, 0.4) is 0 Å². The highest BCUT2D eigenvalue weighted by molar-refractivity contribution is 9.10. The Balaban J connectivity index is 3.20. The van der Waals surface area contributed by atoms with Crippen LogP contribution in [0.15, 0.2) is 22.7 Å². The zero-order valence-corrected chi connectivity index (χ0v) is 8.19. The molecule has 0 atom stereocenters. The van der Waals surface area contributed by atoms with Crippen LogP contribution in [-0.4, -0.2) is 11.1 Å². The van der Waals surface area contributed by atoms with E-state index in [1.54, 1.807) is 0 Å². The summed E-state index contributed by atoms with van der Waals surface area (Å²) in [5.41, 5.74) is -1.08. The Labute approximate surface area is 85.5 Å². The Morgan fingerprint density at radius 2 is 1.93 bits per heavy atom. The summed E-state index contributed by atoms with van der Waals surface area (Å²) in [6.45, 7) is 0. The molecule has 0 amide bonds. The Kier molecular flexibility index (Phi) is 2.84. The van der Waals surface area contributed by atoms with Gasteiger partial charge in [0, 0.05) is 4.47 Å². The van der Waals surface area contributed by atoms with Crippen molar-refractivity contribution >= 4 is 21.9 Å². The number of hydrogen-bond acceptors (Lipinski definition) is 1. The summed E-state index contributed by atoms with van der Waals surface area (Å²) in [4.78, 5) is 10.5. The van der Waals surface area contributed by atoms with Crippen molar-refractivity contribution in [1.29, 1.82) is 0 Å². The van der Waals surface area contributed by atoms with Crippen LogP contribution in [-0.2, 0) is 6.18 Å². The van der Waals surface area contributed by atoms with Gasteiger partial charge in [0.25, 0.3) is 0 Å². The zero-order chi connectivity index (χ0) is 10.9. The topological polar surface area (TPSA) is 37.3 Å². The fraction of sp³-hybridized carbons (Fsp3) is 0.125. The molecule has 6 heteroatoms. The van der Waals surface area contributed by atoms with Gasteiger partial charge in [0.2, 0.25) is 0 Å². The summed E-state index contributed by atoms with van der Waals surface area (Å²) in [7, 11) is 0. The first kappa shape index (κ1) is 11.0. The lowest BCUT2D eigenvalue weighted by Gasteiger charge is -2.07. The van der Waals surface area contributed by atoms with Gasteiger partial charge in [-0.1, -0.05) is 0 Å². The molecule has 2 nitrogen and oxygen atoms in total. The highest BCUT2D eigenvalue weighted by Gasteiger charge is 2.31. The minimum Gasteiger partial charge on any atom is -0.478 e. The molecule has 14 heavy (non-hydrogen) atoms. The quantitative estimate of drug-likeness (QED) is 0.850. The first-order valence-corrected chi connectivity index (χ1v) is 4.21. The van der Waals surface area contributed by atoms with E-state index in [0.717, 1.165) is 18.2 Å². The summed E-state index contributed by atoms with van der Waals surface area (Å²) >= 11 is 2.76. The molecule has 0 aliphatic rings. The molecule has 1 aromatic carbocycles. The molecule has 1 aromatic rings. The maximum atomic E-state index is 12.1. The summed E-state index contributed by atoms with van der Waals surface area (Å²) < 4.78 is 36.3. The van der Waals surface area contributed by atoms with Gasteiger partial charge in [-0.3, -0.25) is 0 Å². The van der Waals surface area contributed by atoms with Crippen molar-refractivity contribution in [3.8, 4) is 0 Å². The van der Waals surface area contributed by atoms with E-state index in [0.29, 0.717) is 0 Å². The van der Waals surface area contributed by atoms with Crippen molar-refractivity contribution in [2.75, 3.05) is 0 Å². The summed E-state index contributed by atoms with van der Waals surface area (Å²) in [6, 6.07) is 2.38. The standard InChI is InChI=1S/C8H4BrF3O2/c9-6-3-4(8(10,11)12)1-2-5(6)7(13)14/h1-3H,(H,13,14). The van der Waals surface area contributed by atoms with Crippen LogP contribution in [0.25, 0.3) is 0 Å². The van der Waals surface area contributed by atoms with E-state index in [1.807, 2.05) is 0 Å². The van der Waals surface area contributed by atoms with E-state index in [9.17, 15) is 18.0 Å². The normalized spacial score (nSPS) is 11.4. The molecule has 0 fully saturated rings. The van der Waals surface area contributed by atoms with Crippen LogP contribution >= 0.6 is 15.9 Å². The lowest BCUT2D eigenvalue weighted by molar-refractivity contribution is -0.137. The van der Waals surface area contributed by atoms with Gasteiger partial charge in [-0.15, -0.1) is 0 Å². The van der Waals surface area contributed by atoms with Gasteiger partial charge in [-0.25, -0.2) is 4.79 Å². The Morgan fingerprint density at radius 1 is 1.36 bits per heavy atom. The summed E-state index contributed by atoms with van der Waals surface area (Å²) in [6.07, 6.45) is -4.46. The highest BCUT2D eigenvalue weighted by atomic mass is 79.9. The predicted molar refractivity (Wildman–Crippen MR) is 46.1 cm³/mol. The molecule has 1 N–H and O–H groups in total. The van der Waals surface area contributed by atoms with Gasteiger partial charge in [-0.05, 0) is 34.1 Å². The number of carbonyl (C=O) groups is 1. The molecular weight excluding hydrogens is 265 g/mol. The molecule has 0 unspecified atom stereocenters. The molecule has 0 spiro atoms. The van der Waals surface area contributed by atoms with Crippen molar-refractivity contribution in [3.05, 3.63) is 33.8 Å². The summed E-state index contributed by atoms with van der Waals surface area (Å²) in [5.74, 6) is -1.27. The smallest absolute Gasteiger partial charge is 0.416 e. The van der Waals surface area contributed by atoms with Gasteiger partial charge in [0.05, 0.1) is 11.1 Å². The second-order valence-electron chi connectivity index (χ2n) is 2.50. The van der Waals surface area contributed by atoms with Crippen LogP contribution in [0.1, 0.15) is 15.9 Å². The molecule has 0 aliphatic heterocycles. The van der Waals surface area contributed by atoms with Crippen LogP contribution in [0.4, 0.5) is 13.2 Å². The van der Waals surface area contributed by atoms with Crippen molar-refractivity contribution in [1.82, 2.24) is 0 Å². The SMILES string of the molecule is O=C(O)c1ccc(C(F)(F)F)cc1Br. The van der Waals surface area contributed by atoms with E-state index in [1.165, 1.54) is 0 Å². The third-order valence-electron chi connectivity index (χ3n) is 1.53. The van der Waals surface area contributed by atoms with Gasteiger partial charge in [0.15, 0.2) is 0 Å². The fourth-order valence-electron chi connectivity index (χ4n) is 0.865. The van der Waals surface area contributed by atoms with Gasteiger partial charge in [0.1, 0.15) is 0 Å². The van der Waals surface area contributed by atoms with Crippen LogP contribution < -0.4 is 0 Å². The van der Waals surface area contributed by atoms with E-state index in [2.05, 4.69) is 15.9 Å². The Hall–Kier alpha value is -1.04. The summed E-state index contributed by atoms with van der Waals surface area (Å²) in [5, 5.41) is 8.55. The Morgan fingerprint density at radius 3 is 2.29 bits per heavy atom. The first-order chi connectivity index (χ1) is 6.32. The van der Waals surface area contributed by atoms with Crippen molar-refractivity contribution in [2.24, 2.45) is 0 Å². The largest absolute Gasteiger partial charge is 0.478 e. The highest BCUT2D eigenvalue weighted by Crippen LogP contribution is 2.32. The van der Waals surface area contributed by atoms with Crippen molar-refractivity contribution < 1.29 is 23.1 Å². The van der Waals surface area contributed by atoms with E-state index >= 15 is 0 Å². The molecule has 0 saturated carbocycles. The van der Waals surface area contributed by atoms with Crippen molar-refractivity contribution in [2.45, 2.75) is 6.18 Å². The predicted octanol–water partition coefficient (Wildman–Crippen LogP) is 3.17. The monoisotopic (exact) mass is 268 g/mol. The third-order valence-corrected chi connectivity index (χ3v) is 2.18. The second-order valence-corrected chi connectivity index (χ2v) is 3.35. The van der Waals surface area contributed by atoms with Crippen LogP contribution in [0, 0.1) is 0 Å². The number of halogens is 4. The van der Waals surface area contributed by atoms with Crippen LogP contribution in [0.5, 0.6) is 0 Å². The van der Waals surface area contributed by atoms with Crippen LogP contribution in [0.2, 0.25) is 0 Å². The number of alkyl halides is 3. The fourth-order valence-corrected chi connectivity index (χ4v) is 1.41. The molecule has 0 radical (unpaired) electrons. The molecule has 0 saturated heterocycles. The number of rotatable bonds is 1. The number of benzene rings is 1. The zero-order valence-electron chi connectivity index (χ0n) is 6.60. The van der Waals surface area contributed by atoms with E-state index < -0.39 is 17.7 Å². The average Bonchev–Trinajstić information content (AvgIpc) is 2.01. The average molecular weight is 269 g/mol. The molecule has 76 valence electrons. The third kappa shape index (κ3) is 2.25. The van der Waals surface area contributed by atoms with Crippen molar-refractivity contribution in [3.63, 3.8) is 0 Å². The van der Waals surface area contributed by atoms with E-state index in [-0.39, 0.29) is 10.0 Å². The Bertz CT molecular complexity index is 373. The van der Waals surface area contributed by atoms with Gasteiger partial charge >= 0.3 is 12.1 Å². The maximum absolute atomic E-state index is 12.1. The molecule has 0 heterocycles. The van der Waals surface area contributed by atoms with Gasteiger partial charge in [-0.2, -0.15) is 13.2 Å². The first-order valence-electron chi connectivity index (χ1n) is 3.42. The second kappa shape index (κ2) is 3.61. The lowest BCUT2D eigenvalue weighted by Crippen LogP contribution is -2.06. The minimum absolute atomic E-state index is 0.0835. The molecular formula is C8H4BrF3O2. The molecule has 1 rings (SSSR count). The van der Waals surface area contributed by atoms with Gasteiger partial charge < -0.3 is 5.11 Å². The number of hydrogen-bond donors (Lipinski definition) is 1. The minimum atomic E-state index is -4.46. The maximum Gasteiger partial charge on any atom is 0.416 e.